The highest BCUT2D eigenvalue weighted by Gasteiger charge is 2.23. The molecule has 2 aromatic rings. The van der Waals surface area contributed by atoms with Crippen LogP contribution in [0, 0.1) is 0 Å². The molecule has 6 nitrogen and oxygen atoms in total. The van der Waals surface area contributed by atoms with Gasteiger partial charge in [-0.2, -0.15) is 0 Å². The van der Waals surface area contributed by atoms with E-state index >= 15 is 0 Å². The number of nitrogens with zero attached hydrogens (tertiary/aromatic N) is 2. The Morgan fingerprint density at radius 2 is 1.85 bits per heavy atom. The van der Waals surface area contributed by atoms with Gasteiger partial charge in [0.2, 0.25) is 0 Å². The first-order valence-corrected chi connectivity index (χ1v) is 9.96. The molecule has 3 rings (SSSR count). The Bertz CT molecular complexity index is 835. The summed E-state index contributed by atoms with van der Waals surface area (Å²) in [5, 5.41) is 0.433. The molecule has 0 radical (unpaired) electrons. The largest absolute Gasteiger partial charge is 0.452 e. The SMILES string of the molecule is Nc1cc(Cl)ccc1C(=O)OCC(=O)N1CCN(Cc2ccc(Cl)s2)CC1. The number of benzene rings is 1. The van der Waals surface area contributed by atoms with Crippen molar-refractivity contribution in [3.8, 4) is 0 Å². The fourth-order valence-corrected chi connectivity index (χ4v) is 4.14. The topological polar surface area (TPSA) is 75.9 Å². The van der Waals surface area contributed by atoms with E-state index < -0.39 is 5.97 Å². The molecule has 9 heteroatoms. The number of hydrogen-bond acceptors (Lipinski definition) is 6. The molecular weight excluding hydrogens is 409 g/mol. The average molecular weight is 428 g/mol. The molecule has 1 amide bonds. The van der Waals surface area contributed by atoms with Gasteiger partial charge in [-0.3, -0.25) is 9.69 Å². The number of amides is 1. The Kier molecular flexibility index (Phi) is 6.59. The number of carbonyl (C=O) groups excluding carboxylic acids is 2. The number of esters is 1. The van der Waals surface area contributed by atoms with Crippen molar-refractivity contribution in [3.05, 3.63) is 50.1 Å². The molecule has 1 aliphatic heterocycles. The quantitative estimate of drug-likeness (QED) is 0.585. The maximum absolute atomic E-state index is 12.3. The van der Waals surface area contributed by atoms with Crippen LogP contribution in [0.25, 0.3) is 0 Å². The standard InChI is InChI=1S/C18H19Cl2N3O3S/c19-12-1-3-14(15(21)9-12)18(25)26-11-17(24)23-7-5-22(6-8-23)10-13-2-4-16(20)27-13/h1-4,9H,5-8,10-11,21H2. The first-order valence-electron chi connectivity index (χ1n) is 8.39. The Morgan fingerprint density at radius 1 is 1.11 bits per heavy atom. The Morgan fingerprint density at radius 3 is 2.48 bits per heavy atom. The van der Waals surface area contributed by atoms with Crippen LogP contribution in [0.4, 0.5) is 5.69 Å². The predicted octanol–water partition coefficient (Wildman–Crippen LogP) is 3.14. The highest BCUT2D eigenvalue weighted by molar-refractivity contribution is 7.16. The second-order valence-electron chi connectivity index (χ2n) is 6.17. The smallest absolute Gasteiger partial charge is 0.340 e. The van der Waals surface area contributed by atoms with E-state index in [2.05, 4.69) is 4.90 Å². The predicted molar refractivity (Wildman–Crippen MR) is 107 cm³/mol. The van der Waals surface area contributed by atoms with Crippen LogP contribution in [-0.2, 0) is 16.1 Å². The Balaban J connectivity index is 1.44. The lowest BCUT2D eigenvalue weighted by Gasteiger charge is -2.34. The van der Waals surface area contributed by atoms with Crippen LogP contribution in [0.1, 0.15) is 15.2 Å². The molecule has 2 N–H and O–H groups in total. The van der Waals surface area contributed by atoms with Gasteiger partial charge in [-0.05, 0) is 30.3 Å². The van der Waals surface area contributed by atoms with Crippen molar-refractivity contribution in [1.29, 1.82) is 0 Å². The molecule has 27 heavy (non-hydrogen) atoms. The van der Waals surface area contributed by atoms with Crippen LogP contribution >= 0.6 is 34.5 Å². The monoisotopic (exact) mass is 427 g/mol. The summed E-state index contributed by atoms with van der Waals surface area (Å²) in [6.45, 7) is 3.24. The molecule has 144 valence electrons. The molecule has 1 saturated heterocycles. The van der Waals surface area contributed by atoms with Gasteiger partial charge in [0.05, 0.1) is 9.90 Å². The van der Waals surface area contributed by atoms with Crippen molar-refractivity contribution >= 4 is 52.1 Å². The minimum absolute atomic E-state index is 0.201. The zero-order valence-electron chi connectivity index (χ0n) is 14.5. The van der Waals surface area contributed by atoms with E-state index in [-0.39, 0.29) is 23.8 Å². The van der Waals surface area contributed by atoms with Gasteiger partial charge >= 0.3 is 5.97 Å². The van der Waals surface area contributed by atoms with Crippen LogP contribution in [0.15, 0.2) is 30.3 Å². The van der Waals surface area contributed by atoms with Crippen molar-refractivity contribution in [3.63, 3.8) is 0 Å². The minimum Gasteiger partial charge on any atom is -0.452 e. The van der Waals surface area contributed by atoms with E-state index in [1.165, 1.54) is 17.0 Å². The number of piperazine rings is 1. The summed E-state index contributed by atoms with van der Waals surface area (Å²) in [6, 6.07) is 8.42. The summed E-state index contributed by atoms with van der Waals surface area (Å²) >= 11 is 13.3. The van der Waals surface area contributed by atoms with Crippen molar-refractivity contribution in [2.75, 3.05) is 38.5 Å². The van der Waals surface area contributed by atoms with Gasteiger partial charge in [0.15, 0.2) is 6.61 Å². The number of hydrogen-bond donors (Lipinski definition) is 1. The van der Waals surface area contributed by atoms with Gasteiger partial charge in [0, 0.05) is 48.3 Å². The number of anilines is 1. The number of halogens is 2. The molecule has 1 aromatic heterocycles. The van der Waals surface area contributed by atoms with E-state index in [1.807, 2.05) is 12.1 Å². The second-order valence-corrected chi connectivity index (χ2v) is 8.41. The fraction of sp³-hybridized carbons (Fsp3) is 0.333. The zero-order chi connectivity index (χ0) is 19.4. The van der Waals surface area contributed by atoms with Gasteiger partial charge < -0.3 is 15.4 Å². The molecule has 0 aliphatic carbocycles. The number of rotatable bonds is 5. The number of nitrogens with two attached hydrogens (primary N) is 1. The van der Waals surface area contributed by atoms with Crippen molar-refractivity contribution in [1.82, 2.24) is 9.80 Å². The van der Waals surface area contributed by atoms with Crippen LogP contribution in [0.2, 0.25) is 9.36 Å². The number of ether oxygens (including phenoxy) is 1. The van der Waals surface area contributed by atoms with Gasteiger partial charge in [-0.1, -0.05) is 23.2 Å². The van der Waals surface area contributed by atoms with E-state index in [0.717, 1.165) is 24.0 Å². The highest BCUT2D eigenvalue weighted by atomic mass is 35.5. The zero-order valence-corrected chi connectivity index (χ0v) is 16.8. The lowest BCUT2D eigenvalue weighted by atomic mass is 10.2. The molecule has 1 aromatic carbocycles. The Hall–Kier alpha value is -1.80. The third kappa shape index (κ3) is 5.35. The summed E-state index contributed by atoms with van der Waals surface area (Å²) in [5.74, 6) is -0.847. The first kappa shape index (κ1) is 19.9. The van der Waals surface area contributed by atoms with E-state index in [0.29, 0.717) is 18.1 Å². The number of thiophene rings is 1. The third-order valence-corrected chi connectivity index (χ3v) is 5.74. The second kappa shape index (κ2) is 8.93. The molecule has 1 aliphatic rings. The van der Waals surface area contributed by atoms with E-state index in [9.17, 15) is 9.59 Å². The molecule has 0 atom stereocenters. The maximum Gasteiger partial charge on any atom is 0.340 e. The van der Waals surface area contributed by atoms with Crippen LogP contribution in [0.5, 0.6) is 0 Å². The van der Waals surface area contributed by atoms with Crippen LogP contribution in [-0.4, -0.2) is 54.5 Å². The van der Waals surface area contributed by atoms with Crippen molar-refractivity contribution in [2.45, 2.75) is 6.54 Å². The number of nitrogen functional groups attached to an aromatic ring is 1. The summed E-state index contributed by atoms with van der Waals surface area (Å²) in [5.41, 5.74) is 6.18. The lowest BCUT2D eigenvalue weighted by molar-refractivity contribution is -0.136. The fourth-order valence-electron chi connectivity index (χ4n) is 2.83. The maximum atomic E-state index is 12.3. The Labute approximate surface area is 171 Å². The summed E-state index contributed by atoms with van der Waals surface area (Å²) in [6.07, 6.45) is 0. The molecule has 0 bridgehead atoms. The van der Waals surface area contributed by atoms with Gasteiger partial charge in [0.25, 0.3) is 5.91 Å². The normalized spacial score (nSPS) is 15.0. The van der Waals surface area contributed by atoms with E-state index in [4.69, 9.17) is 33.7 Å². The first-order chi connectivity index (χ1) is 12.9. The minimum atomic E-state index is -0.634. The summed E-state index contributed by atoms with van der Waals surface area (Å²) in [4.78, 5) is 29.6. The van der Waals surface area contributed by atoms with Gasteiger partial charge in [0.1, 0.15) is 0 Å². The van der Waals surface area contributed by atoms with Crippen molar-refractivity contribution in [2.24, 2.45) is 0 Å². The van der Waals surface area contributed by atoms with Gasteiger partial charge in [-0.25, -0.2) is 4.79 Å². The molecule has 1 fully saturated rings. The number of carbonyl (C=O) groups is 2. The lowest BCUT2D eigenvalue weighted by Crippen LogP contribution is -2.49. The average Bonchev–Trinajstić information content (AvgIpc) is 3.05. The summed E-state index contributed by atoms with van der Waals surface area (Å²) in [7, 11) is 0. The van der Waals surface area contributed by atoms with E-state index in [1.54, 1.807) is 22.3 Å². The molecule has 2 heterocycles. The molecule has 0 spiro atoms. The van der Waals surface area contributed by atoms with Crippen molar-refractivity contribution < 1.29 is 14.3 Å². The molecule has 0 unspecified atom stereocenters. The van der Waals surface area contributed by atoms with Gasteiger partial charge in [-0.15, -0.1) is 11.3 Å². The third-order valence-electron chi connectivity index (χ3n) is 4.29. The molecule has 0 saturated carbocycles. The molecular formula is C18H19Cl2N3O3S. The van der Waals surface area contributed by atoms with Crippen LogP contribution in [0.3, 0.4) is 0 Å². The van der Waals surface area contributed by atoms with Crippen LogP contribution < -0.4 is 5.73 Å². The summed E-state index contributed by atoms with van der Waals surface area (Å²) < 4.78 is 5.89. The highest BCUT2D eigenvalue weighted by Crippen LogP contribution is 2.23.